The van der Waals surface area contributed by atoms with Crippen molar-refractivity contribution in [3.8, 4) is 11.5 Å². The van der Waals surface area contributed by atoms with Crippen LogP contribution in [0.3, 0.4) is 0 Å². The molecule has 0 bridgehead atoms. The highest BCUT2D eigenvalue weighted by Gasteiger charge is 2.51. The van der Waals surface area contributed by atoms with Crippen molar-refractivity contribution in [3.05, 3.63) is 58.7 Å². The van der Waals surface area contributed by atoms with Gasteiger partial charge in [-0.2, -0.15) is 0 Å². The molecule has 0 radical (unpaired) electrons. The molecule has 2 aromatic rings. The number of rotatable bonds is 7. The molecule has 8 nitrogen and oxygen atoms in total. The molecular weight excluding hydrogens is 492 g/mol. The summed E-state index contributed by atoms with van der Waals surface area (Å²) in [6.07, 6.45) is 5.86. The Bertz CT molecular complexity index is 1230. The Morgan fingerprint density at radius 1 is 1.00 bits per heavy atom. The van der Waals surface area contributed by atoms with Crippen LogP contribution in [0.2, 0.25) is 0 Å². The molecule has 0 unspecified atom stereocenters. The minimum absolute atomic E-state index is 0.0166. The van der Waals surface area contributed by atoms with E-state index in [1.165, 1.54) is 19.3 Å². The van der Waals surface area contributed by atoms with Gasteiger partial charge in [0.2, 0.25) is 5.91 Å². The molecule has 8 heteroatoms. The summed E-state index contributed by atoms with van der Waals surface area (Å²) in [6.45, 7) is 5.59. The normalized spacial score (nSPS) is 21.1. The van der Waals surface area contributed by atoms with E-state index < -0.39 is 5.54 Å². The molecule has 2 amide bonds. The number of methoxy groups -OCH3 is 2. The molecule has 3 aliphatic heterocycles. The summed E-state index contributed by atoms with van der Waals surface area (Å²) in [4.78, 5) is 34.3. The minimum atomic E-state index is -0.393. The molecule has 208 valence electrons. The number of nitrogens with one attached hydrogen (secondary N) is 1. The summed E-state index contributed by atoms with van der Waals surface area (Å²) in [6, 6.07) is 12.6. The summed E-state index contributed by atoms with van der Waals surface area (Å²) in [5.74, 6) is 1.57. The Hall–Kier alpha value is -3.10. The standard InChI is InChI=1S/C31H40N4O4/c1-38-25-10-9-23(27(20-25)39-2)21-35-30(37)29-22(5-3-8-26(29)31(35)11-13-32-14-12-31)19-28(36)34-17-15-33(16-18-34)24-6-4-7-24/h3,5,8-10,20,24,32H,4,6-7,11-19,21H2,1-2H3. The van der Waals surface area contributed by atoms with Crippen molar-refractivity contribution in [1.82, 2.24) is 20.0 Å². The lowest BCUT2D eigenvalue weighted by Crippen LogP contribution is -2.53. The quantitative estimate of drug-likeness (QED) is 0.591. The van der Waals surface area contributed by atoms with E-state index in [1.807, 2.05) is 40.1 Å². The number of amides is 2. The van der Waals surface area contributed by atoms with Crippen molar-refractivity contribution in [3.63, 3.8) is 0 Å². The monoisotopic (exact) mass is 532 g/mol. The Balaban J connectivity index is 1.26. The van der Waals surface area contributed by atoms with Crippen molar-refractivity contribution < 1.29 is 19.1 Å². The summed E-state index contributed by atoms with van der Waals surface area (Å²) in [7, 11) is 3.28. The minimum Gasteiger partial charge on any atom is -0.497 e. The Morgan fingerprint density at radius 3 is 2.44 bits per heavy atom. The van der Waals surface area contributed by atoms with E-state index in [2.05, 4.69) is 16.3 Å². The molecule has 1 saturated carbocycles. The first-order chi connectivity index (χ1) is 19.0. The van der Waals surface area contributed by atoms with Gasteiger partial charge in [-0.15, -0.1) is 0 Å². The lowest BCUT2D eigenvalue weighted by Gasteiger charge is -2.43. The van der Waals surface area contributed by atoms with Crippen LogP contribution >= 0.6 is 0 Å². The van der Waals surface area contributed by atoms with Gasteiger partial charge in [0.1, 0.15) is 11.5 Å². The molecule has 0 atom stereocenters. The van der Waals surface area contributed by atoms with Gasteiger partial charge >= 0.3 is 0 Å². The molecule has 2 aromatic carbocycles. The molecule has 3 heterocycles. The zero-order chi connectivity index (χ0) is 27.0. The summed E-state index contributed by atoms with van der Waals surface area (Å²) in [5, 5.41) is 3.47. The Kier molecular flexibility index (Phi) is 7.25. The van der Waals surface area contributed by atoms with Gasteiger partial charge in [0, 0.05) is 49.4 Å². The molecule has 4 aliphatic rings. The average molecular weight is 533 g/mol. The van der Waals surface area contributed by atoms with Gasteiger partial charge in [-0.1, -0.05) is 24.6 Å². The Labute approximate surface area is 231 Å². The Morgan fingerprint density at radius 2 is 1.77 bits per heavy atom. The summed E-state index contributed by atoms with van der Waals surface area (Å²) in [5.41, 5.74) is 3.20. The highest BCUT2D eigenvalue weighted by molar-refractivity contribution is 6.02. The van der Waals surface area contributed by atoms with Crippen LogP contribution in [0.15, 0.2) is 36.4 Å². The van der Waals surface area contributed by atoms with E-state index in [9.17, 15) is 9.59 Å². The fourth-order valence-electron chi connectivity index (χ4n) is 6.98. The number of piperazine rings is 1. The average Bonchev–Trinajstić information content (AvgIpc) is 3.16. The number of hydrogen-bond donors (Lipinski definition) is 1. The van der Waals surface area contributed by atoms with E-state index in [0.717, 1.165) is 80.1 Å². The van der Waals surface area contributed by atoms with Crippen LogP contribution in [0.25, 0.3) is 0 Å². The number of piperidine rings is 1. The van der Waals surface area contributed by atoms with Crippen LogP contribution in [0, 0.1) is 0 Å². The number of fused-ring (bicyclic) bond motifs is 2. The smallest absolute Gasteiger partial charge is 0.255 e. The summed E-state index contributed by atoms with van der Waals surface area (Å²) < 4.78 is 11.1. The SMILES string of the molecule is COc1ccc(CN2C(=O)c3c(CC(=O)N4CCN(C5CCC5)CC4)cccc3C23CCNCC3)c(OC)c1. The van der Waals surface area contributed by atoms with E-state index in [-0.39, 0.29) is 18.2 Å². The van der Waals surface area contributed by atoms with Gasteiger partial charge in [-0.05, 0) is 62.0 Å². The van der Waals surface area contributed by atoms with Crippen LogP contribution < -0.4 is 14.8 Å². The number of benzene rings is 2. The molecule has 39 heavy (non-hydrogen) atoms. The number of ether oxygens (including phenoxy) is 2. The van der Waals surface area contributed by atoms with E-state index in [0.29, 0.717) is 18.3 Å². The van der Waals surface area contributed by atoms with Crippen LogP contribution in [0.5, 0.6) is 11.5 Å². The maximum absolute atomic E-state index is 14.2. The number of carbonyl (C=O) groups is 2. The van der Waals surface area contributed by atoms with Crippen molar-refractivity contribution in [1.29, 1.82) is 0 Å². The molecular formula is C31H40N4O4. The fraction of sp³-hybridized carbons (Fsp3) is 0.548. The highest BCUT2D eigenvalue weighted by atomic mass is 16.5. The van der Waals surface area contributed by atoms with Gasteiger partial charge in [0.15, 0.2) is 0 Å². The second-order valence-corrected chi connectivity index (χ2v) is 11.4. The fourth-order valence-corrected chi connectivity index (χ4v) is 6.98. The zero-order valence-corrected chi connectivity index (χ0v) is 23.2. The number of nitrogens with zero attached hydrogens (tertiary/aromatic N) is 3. The lowest BCUT2D eigenvalue weighted by atomic mass is 9.80. The second-order valence-electron chi connectivity index (χ2n) is 11.4. The van der Waals surface area contributed by atoms with Crippen LogP contribution in [-0.2, 0) is 23.3 Å². The topological polar surface area (TPSA) is 74.4 Å². The van der Waals surface area contributed by atoms with Gasteiger partial charge < -0.3 is 24.6 Å². The maximum Gasteiger partial charge on any atom is 0.255 e. The third-order valence-corrected chi connectivity index (χ3v) is 9.48. The third kappa shape index (κ3) is 4.67. The number of hydrogen-bond acceptors (Lipinski definition) is 6. The number of carbonyl (C=O) groups excluding carboxylic acids is 2. The zero-order valence-electron chi connectivity index (χ0n) is 23.2. The highest BCUT2D eigenvalue weighted by Crippen LogP contribution is 2.47. The van der Waals surface area contributed by atoms with Gasteiger partial charge in [0.05, 0.1) is 32.7 Å². The molecule has 3 fully saturated rings. The molecule has 1 aliphatic carbocycles. The molecule has 2 saturated heterocycles. The molecule has 6 rings (SSSR count). The predicted octanol–water partition coefficient (Wildman–Crippen LogP) is 3.18. The lowest BCUT2D eigenvalue weighted by molar-refractivity contribution is -0.132. The van der Waals surface area contributed by atoms with Crippen LogP contribution in [-0.4, -0.2) is 86.0 Å². The van der Waals surface area contributed by atoms with E-state index in [1.54, 1.807) is 14.2 Å². The van der Waals surface area contributed by atoms with Crippen LogP contribution in [0.1, 0.15) is 59.2 Å². The summed E-state index contributed by atoms with van der Waals surface area (Å²) >= 11 is 0. The van der Waals surface area contributed by atoms with Crippen LogP contribution in [0.4, 0.5) is 0 Å². The first-order valence-corrected chi connectivity index (χ1v) is 14.4. The van der Waals surface area contributed by atoms with E-state index in [4.69, 9.17) is 9.47 Å². The maximum atomic E-state index is 14.2. The van der Waals surface area contributed by atoms with Crippen molar-refractivity contribution in [2.75, 3.05) is 53.5 Å². The van der Waals surface area contributed by atoms with Gasteiger partial charge in [-0.25, -0.2) is 0 Å². The largest absolute Gasteiger partial charge is 0.497 e. The molecule has 1 N–H and O–H groups in total. The van der Waals surface area contributed by atoms with Gasteiger partial charge in [-0.3, -0.25) is 14.5 Å². The van der Waals surface area contributed by atoms with Crippen molar-refractivity contribution in [2.24, 2.45) is 0 Å². The van der Waals surface area contributed by atoms with E-state index >= 15 is 0 Å². The molecule has 0 aromatic heterocycles. The van der Waals surface area contributed by atoms with Crippen molar-refractivity contribution in [2.45, 2.75) is 56.7 Å². The predicted molar refractivity (Wildman–Crippen MR) is 149 cm³/mol. The first kappa shape index (κ1) is 26.1. The molecule has 1 spiro atoms. The van der Waals surface area contributed by atoms with Gasteiger partial charge in [0.25, 0.3) is 5.91 Å². The third-order valence-electron chi connectivity index (χ3n) is 9.48. The second kappa shape index (κ2) is 10.8. The first-order valence-electron chi connectivity index (χ1n) is 14.4. The van der Waals surface area contributed by atoms with Crippen molar-refractivity contribution >= 4 is 11.8 Å².